The molecule has 3 fully saturated rings. The van der Waals surface area contributed by atoms with Crippen molar-refractivity contribution >= 4 is 0 Å². The van der Waals surface area contributed by atoms with E-state index in [1.165, 1.54) is 37.7 Å². The van der Waals surface area contributed by atoms with Crippen LogP contribution in [-0.2, 0) is 4.74 Å². The quantitative estimate of drug-likeness (QED) is 0.588. The van der Waals surface area contributed by atoms with Crippen LogP contribution >= 0.6 is 0 Å². The van der Waals surface area contributed by atoms with E-state index in [0.717, 1.165) is 25.4 Å². The first-order chi connectivity index (χ1) is 11.9. The number of aliphatic hydroxyl groups is 1. The number of aliphatic hydroxyl groups excluding tert-OH is 1. The number of ether oxygens (including phenoxy) is 1. The maximum absolute atomic E-state index is 11.1. The molecule has 4 rings (SSSR count). The Morgan fingerprint density at radius 2 is 2.08 bits per heavy atom. The maximum Gasteiger partial charge on any atom is 0.0658 e. The van der Waals surface area contributed by atoms with Gasteiger partial charge in [0.2, 0.25) is 0 Å². The lowest BCUT2D eigenvalue weighted by Gasteiger charge is -2.59. The number of terminal acetylenes is 1. The first kappa shape index (κ1) is 17.6. The topological polar surface area (TPSA) is 29.5 Å². The second-order valence-corrected chi connectivity index (χ2v) is 9.50. The Labute approximate surface area is 153 Å². The fourth-order valence-electron chi connectivity index (χ4n) is 7.32. The van der Waals surface area contributed by atoms with Crippen molar-refractivity contribution in [3.63, 3.8) is 0 Å². The molecular formula is C23H34O2. The highest BCUT2D eigenvalue weighted by Crippen LogP contribution is 2.66. The van der Waals surface area contributed by atoms with Crippen LogP contribution in [0.25, 0.3) is 0 Å². The van der Waals surface area contributed by atoms with Crippen LogP contribution in [0.4, 0.5) is 0 Å². The molecule has 0 amide bonds. The first-order valence-electron chi connectivity index (χ1n) is 10.4. The summed E-state index contributed by atoms with van der Waals surface area (Å²) in [7, 11) is 0. The van der Waals surface area contributed by atoms with Crippen molar-refractivity contribution in [2.24, 2.45) is 34.5 Å². The SMILES string of the molecule is C#CC1CC[C@H]2[C@@H]3CC=C4CC(OCC)CC(O)[C@]4(C)[C@@H]3CC[C@]12C. The number of hydrogen-bond donors (Lipinski definition) is 1. The monoisotopic (exact) mass is 342 g/mol. The molecule has 0 spiro atoms. The highest BCUT2D eigenvalue weighted by atomic mass is 16.5. The molecule has 1 N–H and O–H groups in total. The lowest BCUT2D eigenvalue weighted by molar-refractivity contribution is -0.111. The van der Waals surface area contributed by atoms with Crippen LogP contribution in [0.3, 0.4) is 0 Å². The molecule has 0 radical (unpaired) electrons. The molecule has 0 bridgehead atoms. The molecule has 0 aliphatic heterocycles. The lowest BCUT2D eigenvalue weighted by Crippen LogP contribution is -2.55. The minimum absolute atomic E-state index is 0.0495. The van der Waals surface area contributed by atoms with E-state index in [2.05, 4.69) is 32.8 Å². The maximum atomic E-state index is 11.1. The van der Waals surface area contributed by atoms with E-state index in [1.54, 1.807) is 0 Å². The van der Waals surface area contributed by atoms with Crippen LogP contribution in [0.2, 0.25) is 0 Å². The molecule has 0 heterocycles. The van der Waals surface area contributed by atoms with E-state index in [9.17, 15) is 5.11 Å². The fraction of sp³-hybridized carbons (Fsp3) is 0.826. The summed E-state index contributed by atoms with van der Waals surface area (Å²) in [6.07, 6.45) is 16.2. The Balaban J connectivity index is 1.65. The molecular weight excluding hydrogens is 308 g/mol. The van der Waals surface area contributed by atoms with Crippen LogP contribution in [0, 0.1) is 46.8 Å². The van der Waals surface area contributed by atoms with Crippen molar-refractivity contribution in [3.8, 4) is 12.3 Å². The fourth-order valence-corrected chi connectivity index (χ4v) is 7.32. The van der Waals surface area contributed by atoms with E-state index < -0.39 is 0 Å². The summed E-state index contributed by atoms with van der Waals surface area (Å²) in [4.78, 5) is 0. The Kier molecular flexibility index (Phi) is 4.33. The summed E-state index contributed by atoms with van der Waals surface area (Å²) in [6, 6.07) is 0. The largest absolute Gasteiger partial charge is 0.392 e. The van der Waals surface area contributed by atoms with Crippen LogP contribution in [0.1, 0.15) is 65.7 Å². The molecule has 2 heteroatoms. The third-order valence-electron chi connectivity index (χ3n) is 8.77. The summed E-state index contributed by atoms with van der Waals surface area (Å²) in [5, 5.41) is 11.1. The first-order valence-corrected chi connectivity index (χ1v) is 10.4. The number of hydrogen-bond acceptors (Lipinski definition) is 2. The summed E-state index contributed by atoms with van der Waals surface area (Å²) in [5.74, 6) is 5.61. The number of fused-ring (bicyclic) bond motifs is 5. The Morgan fingerprint density at radius 1 is 1.28 bits per heavy atom. The highest BCUT2D eigenvalue weighted by Gasteiger charge is 2.60. The molecule has 2 nitrogen and oxygen atoms in total. The third-order valence-corrected chi connectivity index (χ3v) is 8.77. The van der Waals surface area contributed by atoms with E-state index in [-0.39, 0.29) is 17.6 Å². The van der Waals surface area contributed by atoms with E-state index >= 15 is 0 Å². The van der Waals surface area contributed by atoms with Gasteiger partial charge in [-0.15, -0.1) is 12.3 Å². The molecule has 4 aliphatic rings. The standard InChI is InChI=1S/C23H34O2/c1-5-15-8-10-19-18-9-7-16-13-17(25-6-2)14-21(24)23(16,4)20(18)11-12-22(15,19)3/h1,7,15,17-21,24H,6,8-14H2,2-4H3/t15?,17?,18-,19-,20+,21?,22+,23-/m0/s1. The summed E-state index contributed by atoms with van der Waals surface area (Å²) < 4.78 is 5.87. The van der Waals surface area contributed by atoms with Crippen LogP contribution in [-0.4, -0.2) is 23.9 Å². The van der Waals surface area contributed by atoms with E-state index in [1.807, 2.05) is 0 Å². The van der Waals surface area contributed by atoms with E-state index in [4.69, 9.17) is 11.2 Å². The molecule has 3 saturated carbocycles. The third kappa shape index (κ3) is 2.38. The molecule has 25 heavy (non-hydrogen) atoms. The van der Waals surface area contributed by atoms with Crippen molar-refractivity contribution in [1.29, 1.82) is 0 Å². The predicted molar refractivity (Wildman–Crippen MR) is 101 cm³/mol. The number of rotatable bonds is 2. The molecule has 8 atom stereocenters. The predicted octanol–water partition coefficient (Wildman–Crippen LogP) is 4.57. The van der Waals surface area contributed by atoms with Crippen molar-refractivity contribution in [3.05, 3.63) is 11.6 Å². The van der Waals surface area contributed by atoms with Crippen molar-refractivity contribution < 1.29 is 9.84 Å². The minimum atomic E-state index is -0.272. The van der Waals surface area contributed by atoms with Crippen molar-refractivity contribution in [2.45, 2.75) is 77.9 Å². The second-order valence-electron chi connectivity index (χ2n) is 9.50. The van der Waals surface area contributed by atoms with Crippen LogP contribution < -0.4 is 0 Å². The van der Waals surface area contributed by atoms with Gasteiger partial charge in [-0.05, 0) is 68.6 Å². The average molecular weight is 343 g/mol. The lowest BCUT2D eigenvalue weighted by atomic mass is 9.47. The van der Waals surface area contributed by atoms with Gasteiger partial charge < -0.3 is 9.84 Å². The summed E-state index contributed by atoms with van der Waals surface area (Å²) >= 11 is 0. The second kappa shape index (κ2) is 6.14. The Hall–Kier alpha value is -0.780. The number of allylic oxidation sites excluding steroid dienone is 1. The molecule has 0 aromatic carbocycles. The molecule has 138 valence electrons. The summed E-state index contributed by atoms with van der Waals surface area (Å²) in [5.41, 5.74) is 1.75. The van der Waals surface area contributed by atoms with Gasteiger partial charge in [0.05, 0.1) is 12.2 Å². The smallest absolute Gasteiger partial charge is 0.0658 e. The zero-order chi connectivity index (χ0) is 17.8. The zero-order valence-corrected chi connectivity index (χ0v) is 16.1. The van der Waals surface area contributed by atoms with Crippen LogP contribution in [0.5, 0.6) is 0 Å². The molecule has 4 aliphatic carbocycles. The van der Waals surface area contributed by atoms with Gasteiger partial charge >= 0.3 is 0 Å². The van der Waals surface area contributed by atoms with Gasteiger partial charge in [0.15, 0.2) is 0 Å². The molecule has 3 unspecified atom stereocenters. The van der Waals surface area contributed by atoms with Gasteiger partial charge in [-0.2, -0.15) is 0 Å². The van der Waals surface area contributed by atoms with Crippen molar-refractivity contribution in [2.75, 3.05) is 6.61 Å². The van der Waals surface area contributed by atoms with Gasteiger partial charge in [-0.3, -0.25) is 0 Å². The van der Waals surface area contributed by atoms with Gasteiger partial charge in [0.25, 0.3) is 0 Å². The highest BCUT2D eigenvalue weighted by molar-refractivity contribution is 5.28. The van der Waals surface area contributed by atoms with Crippen molar-refractivity contribution in [1.82, 2.24) is 0 Å². The zero-order valence-electron chi connectivity index (χ0n) is 16.1. The van der Waals surface area contributed by atoms with Gasteiger partial charge in [-0.25, -0.2) is 0 Å². The van der Waals surface area contributed by atoms with E-state index in [0.29, 0.717) is 23.2 Å². The Morgan fingerprint density at radius 3 is 2.80 bits per heavy atom. The van der Waals surface area contributed by atoms with Crippen LogP contribution in [0.15, 0.2) is 11.6 Å². The van der Waals surface area contributed by atoms with Gasteiger partial charge in [0.1, 0.15) is 0 Å². The minimum Gasteiger partial charge on any atom is -0.392 e. The molecule has 0 aromatic heterocycles. The van der Waals surface area contributed by atoms with Gasteiger partial charge in [0, 0.05) is 24.4 Å². The Bertz CT molecular complexity index is 602. The van der Waals surface area contributed by atoms with Gasteiger partial charge in [-0.1, -0.05) is 25.5 Å². The molecule has 0 aromatic rings. The normalized spacial score (nSPS) is 51.7. The average Bonchev–Trinajstić information content (AvgIpc) is 2.93. The molecule has 0 saturated heterocycles. The summed E-state index contributed by atoms with van der Waals surface area (Å²) in [6.45, 7) is 7.59.